The number of carboxylic acids is 1. The number of hydrogen-bond acceptors (Lipinski definition) is 3. The largest absolute Gasteiger partial charge is 0.478 e. The number of rotatable bonds is 4. The van der Waals surface area contributed by atoms with E-state index in [0.717, 1.165) is 25.7 Å². The molecule has 0 amide bonds. The predicted octanol–water partition coefficient (Wildman–Crippen LogP) is 2.04. The second-order valence-corrected chi connectivity index (χ2v) is 6.34. The molecule has 0 unspecified atom stereocenters. The molecule has 1 N–H and O–H groups in total. The van der Waals surface area contributed by atoms with E-state index in [1.54, 1.807) is 18.4 Å². The van der Waals surface area contributed by atoms with Gasteiger partial charge in [-0.3, -0.25) is 4.79 Å². The maximum atomic E-state index is 12.3. The van der Waals surface area contributed by atoms with Crippen LogP contribution in [-0.2, 0) is 6.54 Å². The van der Waals surface area contributed by atoms with Gasteiger partial charge in [-0.15, -0.1) is 0 Å². The van der Waals surface area contributed by atoms with Crippen molar-refractivity contribution >= 4 is 5.97 Å². The van der Waals surface area contributed by atoms with Crippen molar-refractivity contribution in [2.45, 2.75) is 51.6 Å². The van der Waals surface area contributed by atoms with E-state index >= 15 is 0 Å². The summed E-state index contributed by atoms with van der Waals surface area (Å²) in [7, 11) is 4.08. The predicted molar refractivity (Wildman–Crippen MR) is 82.0 cm³/mol. The first-order valence-electron chi connectivity index (χ1n) is 7.40. The number of carboxylic acid groups (broad SMARTS) is 1. The molecular formula is C16H24N2O3. The third-order valence-corrected chi connectivity index (χ3v) is 4.92. The molecule has 1 fully saturated rings. The maximum Gasteiger partial charge on any atom is 0.337 e. The van der Waals surface area contributed by atoms with Gasteiger partial charge < -0.3 is 14.6 Å². The third-order valence-electron chi connectivity index (χ3n) is 4.92. The fourth-order valence-corrected chi connectivity index (χ4v) is 3.52. The minimum absolute atomic E-state index is 0.0420. The van der Waals surface area contributed by atoms with Gasteiger partial charge in [-0.1, -0.05) is 12.8 Å². The van der Waals surface area contributed by atoms with Crippen molar-refractivity contribution in [3.05, 3.63) is 33.2 Å². The van der Waals surface area contributed by atoms with E-state index < -0.39 is 5.97 Å². The minimum atomic E-state index is -0.968. The summed E-state index contributed by atoms with van der Waals surface area (Å²) in [5.41, 5.74) is 1.19. The van der Waals surface area contributed by atoms with Gasteiger partial charge in [0, 0.05) is 23.8 Å². The number of aromatic nitrogens is 1. The quantitative estimate of drug-likeness (QED) is 0.922. The summed E-state index contributed by atoms with van der Waals surface area (Å²) in [6.45, 7) is 3.97. The number of carbonyl (C=O) groups is 1. The molecule has 0 spiro atoms. The standard InChI is InChI=1S/C16H24N2O3/c1-11-9-13(19)18(12(2)14(11)15(20)21)10-16(17(3)4)7-5-6-8-16/h9H,5-8,10H2,1-4H3,(H,20,21). The van der Waals surface area contributed by atoms with Crippen LogP contribution in [-0.4, -0.2) is 40.2 Å². The van der Waals surface area contributed by atoms with Gasteiger partial charge in [0.2, 0.25) is 0 Å². The highest BCUT2D eigenvalue weighted by Gasteiger charge is 2.37. The molecule has 1 aliphatic rings. The molecule has 116 valence electrons. The van der Waals surface area contributed by atoms with Crippen LogP contribution in [0.3, 0.4) is 0 Å². The summed E-state index contributed by atoms with van der Waals surface area (Å²) in [5, 5.41) is 9.37. The Kier molecular flexibility index (Phi) is 4.23. The Balaban J connectivity index is 2.52. The number of aryl methyl sites for hydroxylation is 1. The number of pyridine rings is 1. The van der Waals surface area contributed by atoms with Gasteiger partial charge in [0.25, 0.3) is 5.56 Å². The highest BCUT2D eigenvalue weighted by Crippen LogP contribution is 2.35. The van der Waals surface area contributed by atoms with Crippen LogP contribution in [0.1, 0.15) is 47.3 Å². The van der Waals surface area contributed by atoms with E-state index in [4.69, 9.17) is 0 Å². The molecule has 0 atom stereocenters. The fraction of sp³-hybridized carbons (Fsp3) is 0.625. The second-order valence-electron chi connectivity index (χ2n) is 6.34. The van der Waals surface area contributed by atoms with Crippen molar-refractivity contribution in [1.29, 1.82) is 0 Å². The molecule has 5 heteroatoms. The summed E-state index contributed by atoms with van der Waals surface area (Å²) in [5.74, 6) is -0.968. The first-order valence-corrected chi connectivity index (χ1v) is 7.40. The second kappa shape index (κ2) is 5.64. The number of likely N-dealkylation sites (N-methyl/N-ethyl adjacent to an activating group) is 1. The monoisotopic (exact) mass is 292 g/mol. The van der Waals surface area contributed by atoms with Gasteiger partial charge in [-0.05, 0) is 46.3 Å². The maximum absolute atomic E-state index is 12.3. The highest BCUT2D eigenvalue weighted by molar-refractivity contribution is 5.90. The molecule has 2 rings (SSSR count). The van der Waals surface area contributed by atoms with Crippen molar-refractivity contribution < 1.29 is 9.90 Å². The van der Waals surface area contributed by atoms with Crippen molar-refractivity contribution in [3.8, 4) is 0 Å². The number of hydrogen-bond donors (Lipinski definition) is 1. The van der Waals surface area contributed by atoms with E-state index in [2.05, 4.69) is 4.90 Å². The average molecular weight is 292 g/mol. The molecule has 1 saturated carbocycles. The van der Waals surface area contributed by atoms with Crippen molar-refractivity contribution in [2.24, 2.45) is 0 Å². The highest BCUT2D eigenvalue weighted by atomic mass is 16.4. The molecule has 0 aliphatic heterocycles. The summed E-state index contributed by atoms with van der Waals surface area (Å²) in [6.07, 6.45) is 4.40. The Morgan fingerprint density at radius 1 is 1.33 bits per heavy atom. The molecule has 21 heavy (non-hydrogen) atoms. The van der Waals surface area contributed by atoms with E-state index in [1.807, 2.05) is 14.1 Å². The van der Waals surface area contributed by atoms with Crippen molar-refractivity contribution in [1.82, 2.24) is 9.47 Å². The average Bonchev–Trinajstić information content (AvgIpc) is 2.83. The van der Waals surface area contributed by atoms with Gasteiger partial charge >= 0.3 is 5.97 Å². The van der Waals surface area contributed by atoms with E-state index in [9.17, 15) is 14.7 Å². The van der Waals surface area contributed by atoms with Crippen LogP contribution in [0.4, 0.5) is 0 Å². The van der Waals surface area contributed by atoms with Crippen molar-refractivity contribution in [3.63, 3.8) is 0 Å². The lowest BCUT2D eigenvalue weighted by atomic mass is 9.95. The van der Waals surface area contributed by atoms with Gasteiger partial charge in [-0.25, -0.2) is 4.79 Å². The molecule has 1 aliphatic carbocycles. The van der Waals surface area contributed by atoms with E-state index in [0.29, 0.717) is 17.8 Å². The van der Waals surface area contributed by atoms with Crippen LogP contribution in [0, 0.1) is 13.8 Å². The first-order chi connectivity index (χ1) is 9.78. The molecule has 1 aromatic heterocycles. The van der Waals surface area contributed by atoms with Crippen LogP contribution < -0.4 is 5.56 Å². The number of aromatic carboxylic acids is 1. The number of nitrogens with zero attached hydrogens (tertiary/aromatic N) is 2. The van der Waals surface area contributed by atoms with Gasteiger partial charge in [-0.2, -0.15) is 0 Å². The van der Waals surface area contributed by atoms with Crippen LogP contribution in [0.2, 0.25) is 0 Å². The molecule has 1 heterocycles. The van der Waals surface area contributed by atoms with Gasteiger partial charge in [0.05, 0.1) is 5.56 Å². The first kappa shape index (κ1) is 15.8. The smallest absolute Gasteiger partial charge is 0.337 e. The Morgan fingerprint density at radius 2 is 1.90 bits per heavy atom. The summed E-state index contributed by atoms with van der Waals surface area (Å²) >= 11 is 0. The Hall–Kier alpha value is -1.62. The van der Waals surface area contributed by atoms with E-state index in [1.165, 1.54) is 6.07 Å². The minimum Gasteiger partial charge on any atom is -0.478 e. The summed E-state index contributed by atoms with van der Waals surface area (Å²) in [4.78, 5) is 26.0. The lowest BCUT2D eigenvalue weighted by Gasteiger charge is -2.37. The van der Waals surface area contributed by atoms with Crippen LogP contribution in [0.5, 0.6) is 0 Å². The molecule has 0 aromatic carbocycles. The molecule has 0 saturated heterocycles. The SMILES string of the molecule is Cc1cc(=O)n(CC2(N(C)C)CCCC2)c(C)c1C(=O)O. The zero-order valence-corrected chi connectivity index (χ0v) is 13.3. The van der Waals surface area contributed by atoms with Gasteiger partial charge in [0.1, 0.15) is 0 Å². The lowest BCUT2D eigenvalue weighted by Crippen LogP contribution is -2.47. The van der Waals surface area contributed by atoms with Crippen LogP contribution in [0.25, 0.3) is 0 Å². The fourth-order valence-electron chi connectivity index (χ4n) is 3.52. The third kappa shape index (κ3) is 2.75. The van der Waals surface area contributed by atoms with Crippen LogP contribution in [0.15, 0.2) is 10.9 Å². The Bertz CT molecular complexity index is 611. The molecule has 5 nitrogen and oxygen atoms in total. The molecule has 0 bridgehead atoms. The normalized spacial score (nSPS) is 17.4. The topological polar surface area (TPSA) is 62.5 Å². The molecule has 1 aromatic rings. The van der Waals surface area contributed by atoms with Crippen LogP contribution >= 0.6 is 0 Å². The van der Waals surface area contributed by atoms with Crippen molar-refractivity contribution in [2.75, 3.05) is 14.1 Å². The van der Waals surface area contributed by atoms with E-state index in [-0.39, 0.29) is 16.7 Å². The molecular weight excluding hydrogens is 268 g/mol. The molecule has 0 radical (unpaired) electrons. The zero-order chi connectivity index (χ0) is 15.8. The Labute approximate surface area is 125 Å². The Morgan fingerprint density at radius 3 is 2.38 bits per heavy atom. The summed E-state index contributed by atoms with van der Waals surface area (Å²) < 4.78 is 1.64. The lowest BCUT2D eigenvalue weighted by molar-refractivity contribution is 0.0692. The van der Waals surface area contributed by atoms with Gasteiger partial charge in [0.15, 0.2) is 0 Å². The zero-order valence-electron chi connectivity index (χ0n) is 13.3. The summed E-state index contributed by atoms with van der Waals surface area (Å²) in [6, 6.07) is 1.44.